The average molecular weight is 430 g/mol. The summed E-state index contributed by atoms with van der Waals surface area (Å²) in [6.45, 7) is 4.10. The molecule has 0 unspecified atom stereocenters. The first-order valence-corrected chi connectivity index (χ1v) is 11.6. The number of ketones is 1. The second-order valence-electron chi connectivity index (χ2n) is 8.66. The van der Waals surface area contributed by atoms with Gasteiger partial charge in [-0.05, 0) is 30.9 Å². The van der Waals surface area contributed by atoms with E-state index in [0.717, 1.165) is 28.9 Å². The third-order valence-electron chi connectivity index (χ3n) is 6.54. The lowest BCUT2D eigenvalue weighted by Gasteiger charge is -2.29. The van der Waals surface area contributed by atoms with E-state index in [-0.39, 0.29) is 5.78 Å². The lowest BCUT2D eigenvalue weighted by molar-refractivity contribution is -0.136. The highest BCUT2D eigenvalue weighted by atomic mass is 16.5. The topological polar surface area (TPSA) is 55.4 Å². The van der Waals surface area contributed by atoms with E-state index >= 15 is 0 Å². The van der Waals surface area contributed by atoms with Crippen LogP contribution in [0.3, 0.4) is 0 Å². The normalized spacial score (nSPS) is 17.2. The molecule has 0 aromatic heterocycles. The van der Waals surface area contributed by atoms with Gasteiger partial charge in [0, 0.05) is 28.3 Å². The number of carbonyl (C=O) groups excluding carboxylic acids is 2. The van der Waals surface area contributed by atoms with Crippen LogP contribution in [0.5, 0.6) is 0 Å². The second-order valence-corrected chi connectivity index (χ2v) is 8.66. The molecule has 32 heavy (non-hydrogen) atoms. The standard InChI is InChI=1S/C28H31NO3/c1-4-5-6-7-8-11-19-14-16-20(17-15-19)24-23(28(31)32-3)18(2)29-26-21-12-9-10-13-22(21)27(30)25(24)26/h9-10,12-17,24,29H,4-8,11H2,1-3H3/t24-/m0/s1. The maximum Gasteiger partial charge on any atom is 0.336 e. The number of rotatable bonds is 8. The van der Waals surface area contributed by atoms with Crippen molar-refractivity contribution in [2.24, 2.45) is 0 Å². The SMILES string of the molecule is CCCCCCCc1ccc([C@H]2C(C(=O)OC)=C(C)NC3=C2C(=O)c2ccccc23)cc1. The summed E-state index contributed by atoms with van der Waals surface area (Å²) < 4.78 is 5.11. The van der Waals surface area contributed by atoms with Crippen molar-refractivity contribution in [3.05, 3.63) is 87.6 Å². The van der Waals surface area contributed by atoms with Crippen molar-refractivity contribution in [1.82, 2.24) is 5.32 Å². The van der Waals surface area contributed by atoms with Gasteiger partial charge in [-0.2, -0.15) is 0 Å². The summed E-state index contributed by atoms with van der Waals surface area (Å²) in [5.41, 5.74) is 6.46. The van der Waals surface area contributed by atoms with Crippen LogP contribution in [0, 0.1) is 0 Å². The number of nitrogens with one attached hydrogen (secondary N) is 1. The molecule has 166 valence electrons. The molecule has 0 saturated heterocycles. The Hall–Kier alpha value is -3.14. The third-order valence-corrected chi connectivity index (χ3v) is 6.54. The number of fused-ring (bicyclic) bond motifs is 2. The molecular formula is C28H31NO3. The first kappa shape index (κ1) is 22.1. The largest absolute Gasteiger partial charge is 0.466 e. The van der Waals surface area contributed by atoms with E-state index in [9.17, 15) is 9.59 Å². The lowest BCUT2D eigenvalue weighted by Crippen LogP contribution is -2.29. The lowest BCUT2D eigenvalue weighted by atomic mass is 9.79. The van der Waals surface area contributed by atoms with Crippen LogP contribution < -0.4 is 5.32 Å². The minimum Gasteiger partial charge on any atom is -0.466 e. The zero-order chi connectivity index (χ0) is 22.7. The Kier molecular flexibility index (Phi) is 6.59. The quantitative estimate of drug-likeness (QED) is 0.417. The number of hydrogen-bond acceptors (Lipinski definition) is 4. The van der Waals surface area contributed by atoms with Crippen LogP contribution in [0.2, 0.25) is 0 Å². The molecule has 0 fully saturated rings. The van der Waals surface area contributed by atoms with Gasteiger partial charge in [-0.3, -0.25) is 4.79 Å². The number of esters is 1. The van der Waals surface area contributed by atoms with Gasteiger partial charge < -0.3 is 10.1 Å². The van der Waals surface area contributed by atoms with Gasteiger partial charge in [0.2, 0.25) is 0 Å². The van der Waals surface area contributed by atoms with Gasteiger partial charge in [0.25, 0.3) is 0 Å². The van der Waals surface area contributed by atoms with Crippen molar-refractivity contribution in [2.75, 3.05) is 7.11 Å². The van der Waals surface area contributed by atoms with Crippen molar-refractivity contribution in [1.29, 1.82) is 0 Å². The number of carbonyl (C=O) groups is 2. The predicted octanol–water partition coefficient (Wildman–Crippen LogP) is 5.94. The number of benzene rings is 2. The average Bonchev–Trinajstić information content (AvgIpc) is 3.10. The number of methoxy groups -OCH3 is 1. The number of aryl methyl sites for hydroxylation is 1. The fourth-order valence-electron chi connectivity index (χ4n) is 4.85. The first-order valence-electron chi connectivity index (χ1n) is 11.6. The van der Waals surface area contributed by atoms with Crippen LogP contribution in [0.1, 0.15) is 78.9 Å². The summed E-state index contributed by atoms with van der Waals surface area (Å²) in [4.78, 5) is 26.2. The summed E-state index contributed by atoms with van der Waals surface area (Å²) in [6.07, 6.45) is 7.32. The molecule has 0 amide bonds. The van der Waals surface area contributed by atoms with Gasteiger partial charge >= 0.3 is 5.97 Å². The number of dihydropyridines is 1. The van der Waals surface area contributed by atoms with E-state index in [0.29, 0.717) is 16.7 Å². The van der Waals surface area contributed by atoms with Gasteiger partial charge in [0.05, 0.1) is 18.4 Å². The predicted molar refractivity (Wildman–Crippen MR) is 127 cm³/mol. The van der Waals surface area contributed by atoms with E-state index in [1.807, 2.05) is 31.2 Å². The van der Waals surface area contributed by atoms with E-state index in [1.54, 1.807) is 0 Å². The molecule has 1 N–H and O–H groups in total. The van der Waals surface area contributed by atoms with Gasteiger partial charge in [0.1, 0.15) is 0 Å². The van der Waals surface area contributed by atoms with Crippen molar-refractivity contribution >= 4 is 17.4 Å². The van der Waals surface area contributed by atoms with Crippen LogP contribution in [-0.4, -0.2) is 18.9 Å². The van der Waals surface area contributed by atoms with E-state index < -0.39 is 11.9 Å². The van der Waals surface area contributed by atoms with Crippen LogP contribution in [0.4, 0.5) is 0 Å². The molecule has 1 atom stereocenters. The Morgan fingerprint density at radius 3 is 2.34 bits per heavy atom. The summed E-state index contributed by atoms with van der Waals surface area (Å²) >= 11 is 0. The smallest absolute Gasteiger partial charge is 0.336 e. The third kappa shape index (κ3) is 4.02. The molecule has 4 heteroatoms. The summed E-state index contributed by atoms with van der Waals surface area (Å²) in [6, 6.07) is 16.0. The van der Waals surface area contributed by atoms with Crippen molar-refractivity contribution < 1.29 is 14.3 Å². The molecule has 4 rings (SSSR count). The number of unbranched alkanes of at least 4 members (excludes halogenated alkanes) is 4. The summed E-state index contributed by atoms with van der Waals surface area (Å²) in [5.74, 6) is -0.880. The van der Waals surface area contributed by atoms with Crippen molar-refractivity contribution in [3.8, 4) is 0 Å². The number of ether oxygens (including phenoxy) is 1. The Bertz CT molecular complexity index is 1090. The fourth-order valence-corrected chi connectivity index (χ4v) is 4.85. The highest BCUT2D eigenvalue weighted by Gasteiger charge is 2.42. The molecule has 0 saturated carbocycles. The maximum absolute atomic E-state index is 13.4. The van der Waals surface area contributed by atoms with E-state index in [2.05, 4.69) is 36.5 Å². The van der Waals surface area contributed by atoms with Gasteiger partial charge in [-0.15, -0.1) is 0 Å². The Morgan fingerprint density at radius 2 is 1.66 bits per heavy atom. The van der Waals surface area contributed by atoms with Gasteiger partial charge in [-0.1, -0.05) is 81.1 Å². The molecule has 0 spiro atoms. The molecule has 1 aliphatic carbocycles. The monoisotopic (exact) mass is 429 g/mol. The van der Waals surface area contributed by atoms with Gasteiger partial charge in [-0.25, -0.2) is 4.79 Å². The van der Waals surface area contributed by atoms with Crippen LogP contribution in [0.25, 0.3) is 5.70 Å². The fraction of sp³-hybridized carbons (Fsp3) is 0.357. The molecule has 2 aliphatic rings. The van der Waals surface area contributed by atoms with E-state index in [4.69, 9.17) is 4.74 Å². The Balaban J connectivity index is 1.67. The van der Waals surface area contributed by atoms with Crippen molar-refractivity contribution in [3.63, 3.8) is 0 Å². The second kappa shape index (κ2) is 9.56. The molecular weight excluding hydrogens is 398 g/mol. The molecule has 2 aromatic carbocycles. The van der Waals surface area contributed by atoms with Crippen molar-refractivity contribution in [2.45, 2.75) is 58.3 Å². The molecule has 1 aliphatic heterocycles. The van der Waals surface area contributed by atoms with Gasteiger partial charge in [0.15, 0.2) is 5.78 Å². The highest BCUT2D eigenvalue weighted by Crippen LogP contribution is 2.46. The van der Waals surface area contributed by atoms with E-state index in [1.165, 1.54) is 44.8 Å². The number of hydrogen-bond donors (Lipinski definition) is 1. The Morgan fingerprint density at radius 1 is 0.969 bits per heavy atom. The minimum absolute atomic E-state index is 0.0259. The molecule has 2 aromatic rings. The number of allylic oxidation sites excluding steroid dienone is 2. The zero-order valence-corrected chi connectivity index (χ0v) is 19.2. The molecule has 1 heterocycles. The summed E-state index contributed by atoms with van der Waals surface area (Å²) in [5, 5.41) is 3.32. The van der Waals surface area contributed by atoms with Crippen LogP contribution in [0.15, 0.2) is 65.4 Å². The van der Waals surface area contributed by atoms with Crippen LogP contribution >= 0.6 is 0 Å². The summed E-state index contributed by atoms with van der Waals surface area (Å²) in [7, 11) is 1.39. The minimum atomic E-state index is -0.447. The highest BCUT2D eigenvalue weighted by molar-refractivity contribution is 6.23. The van der Waals surface area contributed by atoms with Crippen LogP contribution in [-0.2, 0) is 16.0 Å². The number of Topliss-reactive ketones (excluding diaryl/α,β-unsaturated/α-hetero) is 1. The maximum atomic E-state index is 13.4. The Labute approximate surface area is 190 Å². The molecule has 0 radical (unpaired) electrons. The first-order chi connectivity index (χ1) is 15.6. The molecule has 0 bridgehead atoms. The zero-order valence-electron chi connectivity index (χ0n) is 19.2. The molecule has 4 nitrogen and oxygen atoms in total.